The average Bonchev–Trinajstić information content (AvgIpc) is 2.61. The molecule has 15 heavy (non-hydrogen) atoms. The van der Waals surface area contributed by atoms with E-state index in [9.17, 15) is 0 Å². The Morgan fingerprint density at radius 1 is 1.33 bits per heavy atom. The van der Waals surface area contributed by atoms with Crippen molar-refractivity contribution in [2.45, 2.75) is 45.6 Å². The minimum atomic E-state index is 0.500. The topological polar surface area (TPSA) is 55.6 Å². The van der Waals surface area contributed by atoms with Crippen LogP contribution in [0.1, 0.15) is 38.9 Å². The molecule has 1 rings (SSSR count). The van der Waals surface area contributed by atoms with Crippen LogP contribution in [0.4, 0.5) is 0 Å². The van der Waals surface area contributed by atoms with Gasteiger partial charge in [-0.1, -0.05) is 20.3 Å². The van der Waals surface area contributed by atoms with Gasteiger partial charge in [0.1, 0.15) is 0 Å². The zero-order valence-electron chi connectivity index (χ0n) is 9.90. The smallest absolute Gasteiger partial charge is 0.152 e. The van der Waals surface area contributed by atoms with Gasteiger partial charge in [-0.15, -0.1) is 5.10 Å². The lowest BCUT2D eigenvalue weighted by atomic mass is 10.1. The summed E-state index contributed by atoms with van der Waals surface area (Å²) in [5.41, 5.74) is 0. The fourth-order valence-electron chi connectivity index (χ4n) is 1.61. The Kier molecular flexibility index (Phi) is 5.25. The second kappa shape index (κ2) is 6.50. The molecule has 86 valence electrons. The maximum absolute atomic E-state index is 4.01. The number of hydrogen-bond donors (Lipinski definition) is 1. The van der Waals surface area contributed by atoms with Crippen molar-refractivity contribution in [2.24, 2.45) is 7.05 Å². The third-order valence-corrected chi connectivity index (χ3v) is 2.46. The van der Waals surface area contributed by atoms with Crippen LogP contribution in [0.2, 0.25) is 0 Å². The number of tetrazole rings is 1. The fraction of sp³-hybridized carbons (Fsp3) is 0.900. The van der Waals surface area contributed by atoms with E-state index in [0.29, 0.717) is 6.04 Å². The molecule has 1 N–H and O–H groups in total. The van der Waals surface area contributed by atoms with E-state index in [4.69, 9.17) is 0 Å². The van der Waals surface area contributed by atoms with Gasteiger partial charge in [-0.3, -0.25) is 0 Å². The van der Waals surface area contributed by atoms with Gasteiger partial charge in [-0.2, -0.15) is 0 Å². The number of aryl methyl sites for hydroxylation is 1. The highest BCUT2D eigenvalue weighted by Crippen LogP contribution is 2.03. The van der Waals surface area contributed by atoms with E-state index in [-0.39, 0.29) is 0 Å². The molecule has 0 radical (unpaired) electrons. The van der Waals surface area contributed by atoms with Crippen LogP contribution in [0.5, 0.6) is 0 Å². The predicted octanol–water partition coefficient (Wildman–Crippen LogP) is 0.921. The zero-order valence-corrected chi connectivity index (χ0v) is 9.90. The summed E-state index contributed by atoms with van der Waals surface area (Å²) in [5.74, 6) is 0.956. The molecule has 0 saturated carbocycles. The molecule has 5 heteroatoms. The van der Waals surface area contributed by atoms with Crippen molar-refractivity contribution in [3.8, 4) is 0 Å². The highest BCUT2D eigenvalue weighted by Gasteiger charge is 2.11. The Balaban J connectivity index is 2.46. The van der Waals surface area contributed by atoms with Crippen molar-refractivity contribution in [1.82, 2.24) is 25.5 Å². The van der Waals surface area contributed by atoms with Gasteiger partial charge in [0.05, 0.1) is 0 Å². The first-order valence-corrected chi connectivity index (χ1v) is 5.72. The van der Waals surface area contributed by atoms with E-state index >= 15 is 0 Å². The summed E-state index contributed by atoms with van der Waals surface area (Å²) in [5, 5.41) is 15.0. The van der Waals surface area contributed by atoms with Gasteiger partial charge < -0.3 is 5.32 Å². The SMILES string of the molecule is CCCNC(CCC)Cc1nnnn1C. The molecule has 0 aromatic carbocycles. The highest BCUT2D eigenvalue weighted by atomic mass is 15.5. The number of rotatable bonds is 7. The summed E-state index contributed by atoms with van der Waals surface area (Å²) in [6, 6.07) is 0.500. The van der Waals surface area contributed by atoms with Crippen LogP contribution >= 0.6 is 0 Å². The lowest BCUT2D eigenvalue weighted by Crippen LogP contribution is -2.32. The first kappa shape index (κ1) is 12.1. The summed E-state index contributed by atoms with van der Waals surface area (Å²) in [6.45, 7) is 5.45. The molecule has 1 unspecified atom stereocenters. The van der Waals surface area contributed by atoms with Crippen LogP contribution in [0.3, 0.4) is 0 Å². The van der Waals surface area contributed by atoms with Gasteiger partial charge in [-0.05, 0) is 29.8 Å². The standard InChI is InChI=1S/C10H21N5/c1-4-6-9(11-7-5-2)8-10-12-13-14-15(10)3/h9,11H,4-8H2,1-3H3. The molecule has 1 aromatic rings. The molecule has 0 aliphatic carbocycles. The van der Waals surface area contributed by atoms with Crippen LogP contribution in [0.25, 0.3) is 0 Å². The molecule has 5 nitrogen and oxygen atoms in total. The van der Waals surface area contributed by atoms with E-state index in [0.717, 1.165) is 25.2 Å². The molecule has 0 aliphatic rings. The van der Waals surface area contributed by atoms with E-state index in [1.165, 1.54) is 12.8 Å². The molecule has 0 amide bonds. The average molecular weight is 211 g/mol. The zero-order chi connectivity index (χ0) is 11.1. The molecule has 0 fully saturated rings. The Morgan fingerprint density at radius 2 is 2.13 bits per heavy atom. The minimum Gasteiger partial charge on any atom is -0.314 e. The number of aromatic nitrogens is 4. The molecular weight excluding hydrogens is 190 g/mol. The van der Waals surface area contributed by atoms with Crippen molar-refractivity contribution in [2.75, 3.05) is 6.54 Å². The summed E-state index contributed by atoms with van der Waals surface area (Å²) in [4.78, 5) is 0. The maximum Gasteiger partial charge on any atom is 0.152 e. The maximum atomic E-state index is 4.01. The van der Waals surface area contributed by atoms with Gasteiger partial charge in [0.25, 0.3) is 0 Å². The van der Waals surface area contributed by atoms with Crippen LogP contribution in [0, 0.1) is 0 Å². The van der Waals surface area contributed by atoms with E-state index in [2.05, 4.69) is 34.7 Å². The quantitative estimate of drug-likeness (QED) is 0.728. The van der Waals surface area contributed by atoms with Crippen molar-refractivity contribution >= 4 is 0 Å². The summed E-state index contributed by atoms with van der Waals surface area (Å²) in [6.07, 6.45) is 4.44. The lowest BCUT2D eigenvalue weighted by molar-refractivity contribution is 0.457. The second-order valence-corrected chi connectivity index (χ2v) is 3.86. The number of hydrogen-bond acceptors (Lipinski definition) is 4. The fourth-order valence-corrected chi connectivity index (χ4v) is 1.61. The number of nitrogens with zero attached hydrogens (tertiary/aromatic N) is 4. The van der Waals surface area contributed by atoms with Crippen LogP contribution in [-0.2, 0) is 13.5 Å². The van der Waals surface area contributed by atoms with Gasteiger partial charge in [0.2, 0.25) is 0 Å². The molecule has 0 bridgehead atoms. The molecule has 1 aromatic heterocycles. The van der Waals surface area contributed by atoms with Crippen LogP contribution < -0.4 is 5.32 Å². The third kappa shape index (κ3) is 3.95. The summed E-state index contributed by atoms with van der Waals surface area (Å²) < 4.78 is 1.75. The van der Waals surface area contributed by atoms with Crippen LogP contribution in [0.15, 0.2) is 0 Å². The highest BCUT2D eigenvalue weighted by molar-refractivity contribution is 4.86. The summed E-state index contributed by atoms with van der Waals surface area (Å²) in [7, 11) is 1.89. The summed E-state index contributed by atoms with van der Waals surface area (Å²) >= 11 is 0. The normalized spacial score (nSPS) is 13.0. The van der Waals surface area contributed by atoms with Crippen molar-refractivity contribution in [3.05, 3.63) is 5.82 Å². The monoisotopic (exact) mass is 211 g/mol. The Bertz CT molecular complexity index is 271. The first-order chi connectivity index (χ1) is 7.27. The Hall–Kier alpha value is -0.970. The van der Waals surface area contributed by atoms with Gasteiger partial charge in [0.15, 0.2) is 5.82 Å². The molecule has 0 saturated heterocycles. The molecule has 0 aliphatic heterocycles. The molecule has 1 heterocycles. The van der Waals surface area contributed by atoms with Crippen LogP contribution in [-0.4, -0.2) is 32.8 Å². The van der Waals surface area contributed by atoms with Crippen molar-refractivity contribution in [1.29, 1.82) is 0 Å². The third-order valence-electron chi connectivity index (χ3n) is 2.46. The first-order valence-electron chi connectivity index (χ1n) is 5.72. The predicted molar refractivity (Wildman–Crippen MR) is 59.5 cm³/mol. The van der Waals surface area contributed by atoms with E-state index in [1.54, 1.807) is 4.68 Å². The second-order valence-electron chi connectivity index (χ2n) is 3.86. The van der Waals surface area contributed by atoms with Crippen molar-refractivity contribution < 1.29 is 0 Å². The van der Waals surface area contributed by atoms with Gasteiger partial charge in [-0.25, -0.2) is 4.68 Å². The van der Waals surface area contributed by atoms with E-state index in [1.807, 2.05) is 7.05 Å². The molecule has 0 spiro atoms. The molecule has 1 atom stereocenters. The molecular formula is C10H21N5. The van der Waals surface area contributed by atoms with Gasteiger partial charge in [0, 0.05) is 19.5 Å². The van der Waals surface area contributed by atoms with Gasteiger partial charge >= 0.3 is 0 Å². The van der Waals surface area contributed by atoms with E-state index < -0.39 is 0 Å². The van der Waals surface area contributed by atoms with Crippen molar-refractivity contribution in [3.63, 3.8) is 0 Å². The number of nitrogens with one attached hydrogen (secondary N) is 1. The largest absolute Gasteiger partial charge is 0.314 e. The minimum absolute atomic E-state index is 0.500. The Labute approximate surface area is 91.2 Å². The Morgan fingerprint density at radius 3 is 2.67 bits per heavy atom. The lowest BCUT2D eigenvalue weighted by Gasteiger charge is -2.16.